The van der Waals surface area contributed by atoms with Crippen LogP contribution in [0.1, 0.15) is 28.9 Å². The molecule has 0 aliphatic carbocycles. The Hall–Kier alpha value is -3.00. The molecule has 1 heterocycles. The minimum atomic E-state index is -3.23. The van der Waals surface area contributed by atoms with E-state index >= 15 is 0 Å². The number of nitrogens with zero attached hydrogens (tertiary/aromatic N) is 3. The third-order valence-corrected chi connectivity index (χ3v) is 5.25. The smallest absolute Gasteiger partial charge is 0.335 e. The fraction of sp³-hybridized carbons (Fsp3) is 0.167. The molecule has 0 aliphatic rings. The van der Waals surface area contributed by atoms with Crippen molar-refractivity contribution >= 4 is 15.8 Å². The number of hydrogen-bond acceptors (Lipinski definition) is 5. The summed E-state index contributed by atoms with van der Waals surface area (Å²) in [6, 6.07) is 12.9. The molecule has 1 atom stereocenters. The lowest BCUT2D eigenvalue weighted by Crippen LogP contribution is -2.08. The van der Waals surface area contributed by atoms with E-state index in [0.717, 1.165) is 11.1 Å². The van der Waals surface area contributed by atoms with Crippen molar-refractivity contribution < 1.29 is 18.3 Å². The van der Waals surface area contributed by atoms with Gasteiger partial charge in [0.2, 0.25) is 0 Å². The molecule has 0 amide bonds. The van der Waals surface area contributed by atoms with Crippen LogP contribution < -0.4 is 0 Å². The van der Waals surface area contributed by atoms with Crippen LogP contribution in [0.15, 0.2) is 59.6 Å². The van der Waals surface area contributed by atoms with Crippen molar-refractivity contribution in [2.45, 2.75) is 17.9 Å². The summed E-state index contributed by atoms with van der Waals surface area (Å²) in [5.41, 5.74) is 2.50. The van der Waals surface area contributed by atoms with Crippen molar-refractivity contribution in [1.29, 1.82) is 0 Å². The molecule has 3 rings (SSSR count). The monoisotopic (exact) mass is 371 g/mol. The topological polar surface area (TPSA) is 102 Å². The van der Waals surface area contributed by atoms with Gasteiger partial charge < -0.3 is 5.11 Å². The first-order valence-corrected chi connectivity index (χ1v) is 9.70. The number of hydrogen-bond donors (Lipinski definition) is 1. The number of sulfone groups is 1. The molecule has 2 aromatic carbocycles. The first-order chi connectivity index (χ1) is 12.3. The molecule has 0 unspecified atom stereocenters. The van der Waals surface area contributed by atoms with Crippen molar-refractivity contribution in [2.75, 3.05) is 6.26 Å². The Balaban J connectivity index is 1.83. The molecule has 1 N–H and O–H groups in total. The van der Waals surface area contributed by atoms with E-state index in [1.54, 1.807) is 47.3 Å². The zero-order valence-electron chi connectivity index (χ0n) is 14.2. The van der Waals surface area contributed by atoms with Gasteiger partial charge in [0.15, 0.2) is 9.84 Å². The molecule has 7 nitrogen and oxygen atoms in total. The summed E-state index contributed by atoms with van der Waals surface area (Å²) in [6.45, 7) is 1.93. The third-order valence-electron chi connectivity index (χ3n) is 4.13. The van der Waals surface area contributed by atoms with E-state index in [0.29, 0.717) is 5.69 Å². The predicted octanol–water partition coefficient (Wildman–Crippen LogP) is 2.66. The van der Waals surface area contributed by atoms with Gasteiger partial charge in [-0.05, 0) is 36.8 Å². The third kappa shape index (κ3) is 3.65. The van der Waals surface area contributed by atoms with Crippen LogP contribution >= 0.6 is 0 Å². The molecule has 134 valence electrons. The zero-order valence-corrected chi connectivity index (χ0v) is 15.0. The molecule has 3 aromatic rings. The van der Waals surface area contributed by atoms with Gasteiger partial charge in [0, 0.05) is 11.8 Å². The highest BCUT2D eigenvalue weighted by Gasteiger charge is 2.14. The molecule has 0 saturated heterocycles. The minimum Gasteiger partial charge on any atom is -0.478 e. The van der Waals surface area contributed by atoms with Gasteiger partial charge in [-0.2, -0.15) is 0 Å². The standard InChI is InChI=1S/C18H17N3O4S/c1-12(13-7-9-16(10-8-13)26(2,24)25)21-11-17(19-20-21)14-3-5-15(6-4-14)18(22)23/h3-12H,1-2H3,(H,22,23)/t12-/m0/s1. The van der Waals surface area contributed by atoms with Crippen LogP contribution in [0.2, 0.25) is 0 Å². The molecule has 0 aliphatic heterocycles. The van der Waals surface area contributed by atoms with Gasteiger partial charge in [0.1, 0.15) is 5.69 Å². The van der Waals surface area contributed by atoms with Crippen LogP contribution in [0.4, 0.5) is 0 Å². The van der Waals surface area contributed by atoms with Crippen molar-refractivity contribution in [3.8, 4) is 11.3 Å². The Bertz CT molecular complexity index is 1040. The largest absolute Gasteiger partial charge is 0.478 e. The van der Waals surface area contributed by atoms with Gasteiger partial charge in [0.05, 0.1) is 22.7 Å². The highest BCUT2D eigenvalue weighted by molar-refractivity contribution is 7.90. The molecule has 8 heteroatoms. The highest BCUT2D eigenvalue weighted by atomic mass is 32.2. The summed E-state index contributed by atoms with van der Waals surface area (Å²) in [6.07, 6.45) is 2.94. The van der Waals surface area contributed by atoms with Crippen LogP contribution in [0.5, 0.6) is 0 Å². The summed E-state index contributed by atoms with van der Waals surface area (Å²) >= 11 is 0. The second kappa shape index (κ2) is 6.72. The molecule has 0 saturated carbocycles. The maximum absolute atomic E-state index is 11.5. The van der Waals surface area contributed by atoms with Crippen molar-refractivity contribution in [1.82, 2.24) is 15.0 Å². The number of aromatic carboxylic acids is 1. The number of carbonyl (C=O) groups is 1. The van der Waals surface area contributed by atoms with E-state index in [-0.39, 0.29) is 16.5 Å². The number of rotatable bonds is 5. The Morgan fingerprint density at radius 1 is 1.08 bits per heavy atom. The molecule has 1 aromatic heterocycles. The zero-order chi connectivity index (χ0) is 18.9. The van der Waals surface area contributed by atoms with Gasteiger partial charge in [-0.1, -0.05) is 29.5 Å². The van der Waals surface area contributed by atoms with Gasteiger partial charge in [0.25, 0.3) is 0 Å². The second-order valence-corrected chi connectivity index (χ2v) is 8.00. The van der Waals surface area contributed by atoms with Gasteiger partial charge in [-0.15, -0.1) is 5.10 Å². The lowest BCUT2D eigenvalue weighted by molar-refractivity contribution is 0.0697. The van der Waals surface area contributed by atoms with Crippen LogP contribution in [0, 0.1) is 0 Å². The fourth-order valence-corrected chi connectivity index (χ4v) is 3.16. The number of carboxylic acid groups (broad SMARTS) is 1. The van der Waals surface area contributed by atoms with E-state index in [2.05, 4.69) is 10.3 Å². The summed E-state index contributed by atoms with van der Waals surface area (Å²) in [5, 5.41) is 17.2. The van der Waals surface area contributed by atoms with Crippen LogP contribution in [0.3, 0.4) is 0 Å². The number of benzene rings is 2. The second-order valence-electron chi connectivity index (χ2n) is 5.98. The quantitative estimate of drug-likeness (QED) is 0.740. The fourth-order valence-electron chi connectivity index (χ4n) is 2.53. The lowest BCUT2D eigenvalue weighted by atomic mass is 10.1. The Morgan fingerprint density at radius 3 is 2.23 bits per heavy atom. The molecule has 0 fully saturated rings. The molecule has 0 radical (unpaired) electrons. The van der Waals surface area contributed by atoms with Crippen LogP contribution in [0.25, 0.3) is 11.3 Å². The van der Waals surface area contributed by atoms with E-state index in [1.165, 1.54) is 18.4 Å². The average molecular weight is 371 g/mol. The van der Waals surface area contributed by atoms with Gasteiger partial charge >= 0.3 is 5.97 Å². The molecule has 26 heavy (non-hydrogen) atoms. The van der Waals surface area contributed by atoms with Gasteiger partial charge in [-0.25, -0.2) is 17.9 Å². The van der Waals surface area contributed by atoms with E-state index < -0.39 is 15.8 Å². The molecular formula is C18H17N3O4S. The van der Waals surface area contributed by atoms with Crippen molar-refractivity contribution in [2.24, 2.45) is 0 Å². The normalized spacial score (nSPS) is 12.7. The predicted molar refractivity (Wildman–Crippen MR) is 95.8 cm³/mol. The average Bonchev–Trinajstić information content (AvgIpc) is 3.10. The summed E-state index contributed by atoms with van der Waals surface area (Å²) in [4.78, 5) is 11.2. The first-order valence-electron chi connectivity index (χ1n) is 7.81. The summed E-state index contributed by atoms with van der Waals surface area (Å²) < 4.78 is 24.8. The molecule has 0 spiro atoms. The van der Waals surface area contributed by atoms with Crippen LogP contribution in [-0.4, -0.2) is 40.7 Å². The number of carboxylic acids is 1. The molecular weight excluding hydrogens is 354 g/mol. The van der Waals surface area contributed by atoms with Crippen molar-refractivity contribution in [3.05, 3.63) is 65.9 Å². The highest BCUT2D eigenvalue weighted by Crippen LogP contribution is 2.22. The minimum absolute atomic E-state index is 0.136. The van der Waals surface area contributed by atoms with E-state index in [9.17, 15) is 13.2 Å². The Kier molecular flexibility index (Phi) is 4.60. The van der Waals surface area contributed by atoms with Crippen LogP contribution in [-0.2, 0) is 9.84 Å². The Morgan fingerprint density at radius 2 is 1.69 bits per heavy atom. The summed E-state index contributed by atoms with van der Waals surface area (Å²) in [5.74, 6) is -0.980. The SMILES string of the molecule is C[C@@H](c1ccc(S(C)(=O)=O)cc1)n1cc(-c2ccc(C(=O)O)cc2)nn1. The lowest BCUT2D eigenvalue weighted by Gasteiger charge is -2.12. The molecule has 0 bridgehead atoms. The maximum Gasteiger partial charge on any atom is 0.335 e. The Labute approximate surface area is 150 Å². The van der Waals surface area contributed by atoms with Crippen molar-refractivity contribution in [3.63, 3.8) is 0 Å². The van der Waals surface area contributed by atoms with E-state index in [4.69, 9.17) is 5.11 Å². The summed E-state index contributed by atoms with van der Waals surface area (Å²) in [7, 11) is -3.23. The first kappa shape index (κ1) is 17.8. The maximum atomic E-state index is 11.5. The van der Waals surface area contributed by atoms with Gasteiger partial charge in [-0.3, -0.25) is 0 Å². The van der Waals surface area contributed by atoms with E-state index in [1.807, 2.05) is 6.92 Å². The number of aromatic nitrogens is 3.